The molecule has 0 aliphatic carbocycles. The summed E-state index contributed by atoms with van der Waals surface area (Å²) in [4.78, 5) is 0. The van der Waals surface area contributed by atoms with Crippen molar-refractivity contribution in [1.82, 2.24) is 9.78 Å². The third kappa shape index (κ3) is 2.33. The maximum Gasteiger partial charge on any atom is 0.0649 e. The summed E-state index contributed by atoms with van der Waals surface area (Å²) in [6, 6.07) is 10.2. The fraction of sp³-hybridized carbons (Fsp3) is 0.250. The first-order valence-electron chi connectivity index (χ1n) is 5.22. The van der Waals surface area contributed by atoms with E-state index in [0.29, 0.717) is 6.54 Å². The van der Waals surface area contributed by atoms with Gasteiger partial charge in [-0.05, 0) is 43.8 Å². The van der Waals surface area contributed by atoms with Gasteiger partial charge >= 0.3 is 0 Å². The Bertz CT molecular complexity index is 474. The predicted octanol–water partition coefficient (Wildman–Crippen LogP) is 2.44. The molecule has 2 aromatic rings. The number of rotatable bonds is 3. The van der Waals surface area contributed by atoms with Crippen molar-refractivity contribution in [3.8, 4) is 5.69 Å². The van der Waals surface area contributed by atoms with Gasteiger partial charge in [0.15, 0.2) is 0 Å². The molecule has 1 aromatic heterocycles. The molecule has 0 fully saturated rings. The highest BCUT2D eigenvalue weighted by Crippen LogP contribution is 2.16. The molecule has 0 aliphatic rings. The van der Waals surface area contributed by atoms with Crippen LogP contribution < -0.4 is 5.73 Å². The van der Waals surface area contributed by atoms with Crippen LogP contribution in [0.1, 0.15) is 11.4 Å². The lowest BCUT2D eigenvalue weighted by Crippen LogP contribution is -2.04. The van der Waals surface area contributed by atoms with Gasteiger partial charge in [0.2, 0.25) is 0 Å². The molecule has 0 atom stereocenters. The molecule has 84 valence electrons. The van der Waals surface area contributed by atoms with Crippen molar-refractivity contribution >= 4 is 15.9 Å². The zero-order valence-electron chi connectivity index (χ0n) is 9.15. The molecule has 3 nitrogen and oxygen atoms in total. The highest BCUT2D eigenvalue weighted by molar-refractivity contribution is 9.10. The molecule has 2 N–H and O–H groups in total. The van der Waals surface area contributed by atoms with Crippen molar-refractivity contribution in [2.75, 3.05) is 6.54 Å². The number of aromatic nitrogens is 2. The van der Waals surface area contributed by atoms with Gasteiger partial charge in [0, 0.05) is 16.6 Å². The number of nitrogens with zero attached hydrogens (tertiary/aromatic N) is 2. The van der Waals surface area contributed by atoms with Gasteiger partial charge in [0.1, 0.15) is 0 Å². The van der Waals surface area contributed by atoms with Gasteiger partial charge in [-0.15, -0.1) is 0 Å². The minimum Gasteiger partial charge on any atom is -0.330 e. The van der Waals surface area contributed by atoms with E-state index in [9.17, 15) is 0 Å². The van der Waals surface area contributed by atoms with Gasteiger partial charge in [-0.1, -0.05) is 15.9 Å². The molecule has 1 aromatic carbocycles. The van der Waals surface area contributed by atoms with Gasteiger partial charge in [0.05, 0.1) is 11.4 Å². The molecule has 0 spiro atoms. The van der Waals surface area contributed by atoms with Crippen LogP contribution in [0, 0.1) is 6.92 Å². The van der Waals surface area contributed by atoms with Gasteiger partial charge in [0.25, 0.3) is 0 Å². The number of hydrogen-bond donors (Lipinski definition) is 1. The van der Waals surface area contributed by atoms with Gasteiger partial charge in [-0.25, -0.2) is 4.68 Å². The second-order valence-electron chi connectivity index (χ2n) is 3.70. The fourth-order valence-electron chi connectivity index (χ4n) is 1.65. The summed E-state index contributed by atoms with van der Waals surface area (Å²) in [7, 11) is 0. The summed E-state index contributed by atoms with van der Waals surface area (Å²) < 4.78 is 3.01. The van der Waals surface area contributed by atoms with Crippen LogP contribution in [0.15, 0.2) is 34.8 Å². The molecule has 0 radical (unpaired) electrons. The van der Waals surface area contributed by atoms with Gasteiger partial charge in [-0.2, -0.15) is 5.10 Å². The van der Waals surface area contributed by atoms with Crippen LogP contribution in [0.25, 0.3) is 5.69 Å². The molecular formula is C12H14BrN3. The lowest BCUT2D eigenvalue weighted by Gasteiger charge is -2.03. The second-order valence-corrected chi connectivity index (χ2v) is 4.62. The van der Waals surface area contributed by atoms with E-state index in [4.69, 9.17) is 5.73 Å². The first-order chi connectivity index (χ1) is 7.70. The van der Waals surface area contributed by atoms with Crippen molar-refractivity contribution in [2.24, 2.45) is 5.73 Å². The van der Waals surface area contributed by atoms with Crippen LogP contribution in [0.5, 0.6) is 0 Å². The van der Waals surface area contributed by atoms with Crippen molar-refractivity contribution in [1.29, 1.82) is 0 Å². The largest absolute Gasteiger partial charge is 0.330 e. The standard InChI is InChI=1S/C12H14BrN3/c1-9-8-11(6-7-14)15-16(9)12-4-2-10(13)3-5-12/h2-5,8H,6-7,14H2,1H3. The predicted molar refractivity (Wildman–Crippen MR) is 68.8 cm³/mol. The number of aryl methyl sites for hydroxylation is 1. The summed E-state index contributed by atoms with van der Waals surface area (Å²) in [6.45, 7) is 2.69. The Morgan fingerprint density at radius 1 is 1.31 bits per heavy atom. The highest BCUT2D eigenvalue weighted by atomic mass is 79.9. The number of halogens is 1. The average molecular weight is 280 g/mol. The summed E-state index contributed by atoms with van der Waals surface area (Å²) in [5, 5.41) is 4.52. The lowest BCUT2D eigenvalue weighted by atomic mass is 10.3. The Kier molecular flexibility index (Phi) is 3.41. The SMILES string of the molecule is Cc1cc(CCN)nn1-c1ccc(Br)cc1. The van der Waals surface area contributed by atoms with E-state index in [1.54, 1.807) is 0 Å². The van der Waals surface area contributed by atoms with E-state index in [-0.39, 0.29) is 0 Å². The first-order valence-corrected chi connectivity index (χ1v) is 6.01. The molecule has 16 heavy (non-hydrogen) atoms. The summed E-state index contributed by atoms with van der Waals surface area (Å²) in [5.41, 5.74) is 8.77. The lowest BCUT2D eigenvalue weighted by molar-refractivity contribution is 0.804. The smallest absolute Gasteiger partial charge is 0.0649 e. The van der Waals surface area contributed by atoms with Crippen LogP contribution in [0.2, 0.25) is 0 Å². The average Bonchev–Trinajstić information content (AvgIpc) is 2.61. The summed E-state index contributed by atoms with van der Waals surface area (Å²) in [6.07, 6.45) is 0.824. The van der Waals surface area contributed by atoms with Crippen LogP contribution in [0.3, 0.4) is 0 Å². The number of hydrogen-bond acceptors (Lipinski definition) is 2. The van der Waals surface area contributed by atoms with E-state index in [2.05, 4.69) is 34.0 Å². The van der Waals surface area contributed by atoms with E-state index < -0.39 is 0 Å². The fourth-order valence-corrected chi connectivity index (χ4v) is 1.92. The molecular weight excluding hydrogens is 266 g/mol. The van der Waals surface area contributed by atoms with Crippen LogP contribution in [-0.4, -0.2) is 16.3 Å². The molecule has 1 heterocycles. The molecule has 0 amide bonds. The van der Waals surface area contributed by atoms with Crippen molar-refractivity contribution < 1.29 is 0 Å². The Morgan fingerprint density at radius 3 is 2.62 bits per heavy atom. The molecule has 2 rings (SSSR count). The zero-order valence-corrected chi connectivity index (χ0v) is 10.7. The molecule has 0 saturated heterocycles. The third-order valence-electron chi connectivity index (χ3n) is 2.41. The zero-order chi connectivity index (χ0) is 11.5. The van der Waals surface area contributed by atoms with E-state index in [0.717, 1.165) is 28.0 Å². The monoisotopic (exact) mass is 279 g/mol. The maximum absolute atomic E-state index is 5.52. The van der Waals surface area contributed by atoms with E-state index in [1.807, 2.05) is 28.9 Å². The molecule has 4 heteroatoms. The van der Waals surface area contributed by atoms with Crippen LogP contribution in [0.4, 0.5) is 0 Å². The highest BCUT2D eigenvalue weighted by Gasteiger charge is 2.05. The van der Waals surface area contributed by atoms with Gasteiger partial charge < -0.3 is 5.73 Å². The van der Waals surface area contributed by atoms with E-state index in [1.165, 1.54) is 0 Å². The molecule has 0 aliphatic heterocycles. The maximum atomic E-state index is 5.52. The normalized spacial score (nSPS) is 10.7. The van der Waals surface area contributed by atoms with E-state index >= 15 is 0 Å². The summed E-state index contributed by atoms with van der Waals surface area (Å²) in [5.74, 6) is 0. The third-order valence-corrected chi connectivity index (χ3v) is 2.94. The Balaban J connectivity index is 2.36. The topological polar surface area (TPSA) is 43.8 Å². The number of benzene rings is 1. The first kappa shape index (κ1) is 11.4. The van der Waals surface area contributed by atoms with Crippen LogP contribution in [-0.2, 0) is 6.42 Å². The van der Waals surface area contributed by atoms with Gasteiger partial charge in [-0.3, -0.25) is 0 Å². The second kappa shape index (κ2) is 4.80. The van der Waals surface area contributed by atoms with Crippen molar-refractivity contribution in [3.05, 3.63) is 46.2 Å². The summed E-state index contributed by atoms with van der Waals surface area (Å²) >= 11 is 3.42. The Morgan fingerprint density at radius 2 is 2.00 bits per heavy atom. The van der Waals surface area contributed by atoms with Crippen molar-refractivity contribution in [3.63, 3.8) is 0 Å². The minimum absolute atomic E-state index is 0.636. The Hall–Kier alpha value is -1.13. The molecule has 0 saturated carbocycles. The molecule has 0 bridgehead atoms. The van der Waals surface area contributed by atoms with Crippen LogP contribution >= 0.6 is 15.9 Å². The quantitative estimate of drug-likeness (QED) is 0.938. The van der Waals surface area contributed by atoms with Crippen molar-refractivity contribution in [2.45, 2.75) is 13.3 Å². The number of nitrogens with two attached hydrogens (primary N) is 1. The minimum atomic E-state index is 0.636. The molecule has 0 unspecified atom stereocenters. The Labute approximate surface area is 103 Å².